The Labute approximate surface area is 168 Å². The van der Waals surface area contributed by atoms with E-state index in [2.05, 4.69) is 5.32 Å². The number of amides is 3. The summed E-state index contributed by atoms with van der Waals surface area (Å²) in [7, 11) is 0. The minimum atomic E-state index is -0.600. The molecule has 8 nitrogen and oxygen atoms in total. The Balaban J connectivity index is 1.60. The van der Waals surface area contributed by atoms with Crippen molar-refractivity contribution in [3.05, 3.63) is 34.9 Å². The smallest absolute Gasteiger partial charge is 0.306 e. The molecule has 0 unspecified atom stereocenters. The fourth-order valence-electron chi connectivity index (χ4n) is 2.71. The van der Waals surface area contributed by atoms with Crippen molar-refractivity contribution >= 4 is 35.3 Å². The van der Waals surface area contributed by atoms with Gasteiger partial charge in [-0.1, -0.05) is 23.7 Å². The number of benzene rings is 1. The van der Waals surface area contributed by atoms with Crippen molar-refractivity contribution < 1.29 is 23.9 Å². The molecule has 0 spiro atoms. The lowest BCUT2D eigenvalue weighted by Gasteiger charge is -2.34. The van der Waals surface area contributed by atoms with Gasteiger partial charge in [-0.05, 0) is 17.7 Å². The number of halogens is 1. The second kappa shape index (κ2) is 10.7. The molecule has 1 fully saturated rings. The van der Waals surface area contributed by atoms with Crippen LogP contribution in [0.4, 0.5) is 0 Å². The molecule has 28 heavy (non-hydrogen) atoms. The first-order chi connectivity index (χ1) is 13.3. The summed E-state index contributed by atoms with van der Waals surface area (Å²) in [5.74, 6) is -1.19. The van der Waals surface area contributed by atoms with Crippen molar-refractivity contribution in [3.8, 4) is 0 Å². The topological polar surface area (TPSA) is 96.0 Å². The van der Waals surface area contributed by atoms with Crippen LogP contribution in [0, 0.1) is 0 Å². The molecule has 0 bridgehead atoms. The molecule has 9 heteroatoms. The summed E-state index contributed by atoms with van der Waals surface area (Å²) >= 11 is 5.79. The highest BCUT2D eigenvalue weighted by molar-refractivity contribution is 6.30. The molecule has 3 amide bonds. The summed E-state index contributed by atoms with van der Waals surface area (Å²) in [6, 6.07) is 7.02. The third-order valence-electron chi connectivity index (χ3n) is 4.39. The number of hydrogen-bond donors (Lipinski definition) is 1. The summed E-state index contributed by atoms with van der Waals surface area (Å²) < 4.78 is 4.90. The van der Waals surface area contributed by atoms with Gasteiger partial charge in [0.1, 0.15) is 0 Å². The number of nitrogens with one attached hydrogen (secondary N) is 1. The number of ether oxygens (including phenoxy) is 1. The molecular formula is C19H24ClN3O5. The van der Waals surface area contributed by atoms with Crippen LogP contribution < -0.4 is 5.32 Å². The Morgan fingerprint density at radius 3 is 2.21 bits per heavy atom. The van der Waals surface area contributed by atoms with Crippen LogP contribution >= 0.6 is 11.6 Å². The first-order valence-corrected chi connectivity index (χ1v) is 9.43. The van der Waals surface area contributed by atoms with Crippen molar-refractivity contribution in [1.29, 1.82) is 0 Å². The molecule has 1 aliphatic rings. The number of carbonyl (C=O) groups is 4. The van der Waals surface area contributed by atoms with E-state index in [9.17, 15) is 19.2 Å². The number of esters is 1. The van der Waals surface area contributed by atoms with Crippen LogP contribution in [-0.4, -0.2) is 66.3 Å². The summed E-state index contributed by atoms with van der Waals surface area (Å²) in [5.41, 5.74) is 0.875. The molecule has 0 saturated carbocycles. The van der Waals surface area contributed by atoms with Gasteiger partial charge in [-0.2, -0.15) is 0 Å². The molecule has 1 aromatic carbocycles. The molecule has 0 aliphatic carbocycles. The maximum atomic E-state index is 12.1. The lowest BCUT2D eigenvalue weighted by molar-refractivity contribution is -0.150. The van der Waals surface area contributed by atoms with Gasteiger partial charge in [-0.3, -0.25) is 19.2 Å². The van der Waals surface area contributed by atoms with Crippen LogP contribution in [0.1, 0.15) is 25.3 Å². The van der Waals surface area contributed by atoms with Crippen molar-refractivity contribution in [2.75, 3.05) is 32.8 Å². The number of nitrogens with zero attached hydrogens (tertiary/aromatic N) is 2. The highest BCUT2D eigenvalue weighted by atomic mass is 35.5. The van der Waals surface area contributed by atoms with E-state index in [0.717, 1.165) is 5.56 Å². The minimum Gasteiger partial charge on any atom is -0.456 e. The van der Waals surface area contributed by atoms with E-state index in [-0.39, 0.29) is 24.7 Å². The molecule has 1 aromatic rings. The first kappa shape index (κ1) is 21.7. The van der Waals surface area contributed by atoms with E-state index in [1.54, 1.807) is 34.1 Å². The van der Waals surface area contributed by atoms with Crippen LogP contribution in [0.25, 0.3) is 0 Å². The fraction of sp³-hybridized carbons (Fsp3) is 0.474. The zero-order chi connectivity index (χ0) is 20.5. The predicted molar refractivity (Wildman–Crippen MR) is 102 cm³/mol. The Kier molecular flexibility index (Phi) is 8.25. The molecule has 0 aromatic heterocycles. The largest absolute Gasteiger partial charge is 0.456 e. The van der Waals surface area contributed by atoms with E-state index < -0.39 is 18.5 Å². The van der Waals surface area contributed by atoms with Crippen LogP contribution in [0.5, 0.6) is 0 Å². The average molecular weight is 410 g/mol. The maximum absolute atomic E-state index is 12.1. The number of piperazine rings is 1. The standard InChI is InChI=1S/C19H24ClN3O5/c1-14(24)22-8-10-23(11-9-22)18(26)6-7-19(27)28-13-17(25)21-12-15-2-4-16(20)5-3-15/h2-5H,6-13H2,1H3,(H,21,25). The molecule has 1 aliphatic heterocycles. The molecule has 152 valence electrons. The molecule has 0 radical (unpaired) electrons. The zero-order valence-electron chi connectivity index (χ0n) is 15.8. The van der Waals surface area contributed by atoms with Crippen LogP contribution in [0.2, 0.25) is 5.02 Å². The van der Waals surface area contributed by atoms with E-state index in [1.807, 2.05) is 0 Å². The number of hydrogen-bond acceptors (Lipinski definition) is 5. The van der Waals surface area contributed by atoms with Gasteiger partial charge < -0.3 is 19.9 Å². The van der Waals surface area contributed by atoms with E-state index in [4.69, 9.17) is 16.3 Å². The minimum absolute atomic E-state index is 0.00924. The van der Waals surface area contributed by atoms with E-state index in [1.165, 1.54) is 6.92 Å². The normalized spacial score (nSPS) is 13.8. The zero-order valence-corrected chi connectivity index (χ0v) is 16.5. The summed E-state index contributed by atoms with van der Waals surface area (Å²) in [6.45, 7) is 3.33. The highest BCUT2D eigenvalue weighted by Gasteiger charge is 2.22. The third kappa shape index (κ3) is 7.19. The van der Waals surface area contributed by atoms with Gasteiger partial charge in [0.15, 0.2) is 6.61 Å². The van der Waals surface area contributed by atoms with Crippen molar-refractivity contribution in [1.82, 2.24) is 15.1 Å². The van der Waals surface area contributed by atoms with Gasteiger partial charge in [0.05, 0.1) is 6.42 Å². The predicted octanol–water partition coefficient (Wildman–Crippen LogP) is 0.970. The average Bonchev–Trinajstić information content (AvgIpc) is 2.70. The Morgan fingerprint density at radius 1 is 1.00 bits per heavy atom. The summed E-state index contributed by atoms with van der Waals surface area (Å²) in [6.07, 6.45) is -0.0679. The third-order valence-corrected chi connectivity index (χ3v) is 4.64. The summed E-state index contributed by atoms with van der Waals surface area (Å²) in [5, 5.41) is 3.25. The van der Waals surface area contributed by atoms with Gasteiger partial charge in [0, 0.05) is 51.1 Å². The number of carbonyl (C=O) groups excluding carboxylic acids is 4. The van der Waals surface area contributed by atoms with Crippen molar-refractivity contribution in [2.24, 2.45) is 0 Å². The molecule has 2 rings (SSSR count). The quantitative estimate of drug-likeness (QED) is 0.677. The van der Waals surface area contributed by atoms with Gasteiger partial charge >= 0.3 is 5.97 Å². The van der Waals surface area contributed by atoms with Crippen LogP contribution in [-0.2, 0) is 30.5 Å². The lowest BCUT2D eigenvalue weighted by Crippen LogP contribution is -2.50. The second-order valence-electron chi connectivity index (χ2n) is 6.45. The molecule has 1 saturated heterocycles. The Hall–Kier alpha value is -2.61. The molecule has 1 heterocycles. The van der Waals surface area contributed by atoms with Crippen molar-refractivity contribution in [3.63, 3.8) is 0 Å². The number of rotatable bonds is 7. The van der Waals surface area contributed by atoms with Crippen LogP contribution in [0.3, 0.4) is 0 Å². The molecular weight excluding hydrogens is 386 g/mol. The molecule has 1 N–H and O–H groups in total. The van der Waals surface area contributed by atoms with Gasteiger partial charge in [0.2, 0.25) is 11.8 Å². The van der Waals surface area contributed by atoms with E-state index >= 15 is 0 Å². The monoisotopic (exact) mass is 409 g/mol. The van der Waals surface area contributed by atoms with Gasteiger partial charge in [-0.25, -0.2) is 0 Å². The van der Waals surface area contributed by atoms with Gasteiger partial charge in [0.25, 0.3) is 5.91 Å². The highest BCUT2D eigenvalue weighted by Crippen LogP contribution is 2.09. The van der Waals surface area contributed by atoms with E-state index in [0.29, 0.717) is 37.7 Å². The Morgan fingerprint density at radius 2 is 1.61 bits per heavy atom. The maximum Gasteiger partial charge on any atom is 0.306 e. The fourth-order valence-corrected chi connectivity index (χ4v) is 2.84. The Bertz CT molecular complexity index is 715. The van der Waals surface area contributed by atoms with Crippen LogP contribution in [0.15, 0.2) is 24.3 Å². The summed E-state index contributed by atoms with van der Waals surface area (Å²) in [4.78, 5) is 50.2. The second-order valence-corrected chi connectivity index (χ2v) is 6.89. The SMILES string of the molecule is CC(=O)N1CCN(C(=O)CCC(=O)OCC(=O)NCc2ccc(Cl)cc2)CC1. The lowest BCUT2D eigenvalue weighted by atomic mass is 10.2. The first-order valence-electron chi connectivity index (χ1n) is 9.05. The van der Waals surface area contributed by atoms with Gasteiger partial charge in [-0.15, -0.1) is 0 Å². The molecule has 0 atom stereocenters. The van der Waals surface area contributed by atoms with Crippen molar-refractivity contribution in [2.45, 2.75) is 26.3 Å².